The van der Waals surface area contributed by atoms with Crippen molar-refractivity contribution in [3.05, 3.63) is 29.8 Å². The van der Waals surface area contributed by atoms with Crippen LogP contribution in [0.15, 0.2) is 24.3 Å². The zero-order chi connectivity index (χ0) is 15.5. The van der Waals surface area contributed by atoms with Crippen molar-refractivity contribution < 1.29 is 18.3 Å². The zero-order valence-electron chi connectivity index (χ0n) is 11.9. The van der Waals surface area contributed by atoms with Crippen LogP contribution >= 0.6 is 0 Å². The summed E-state index contributed by atoms with van der Waals surface area (Å²) in [5.41, 5.74) is 6.15. The first-order chi connectivity index (χ1) is 9.89. The second-order valence-corrected chi connectivity index (χ2v) is 5.60. The minimum atomic E-state index is -2.89. The second kappa shape index (κ2) is 6.39. The molecule has 1 fully saturated rings. The molecule has 1 amide bonds. The number of carbonyl (C=O) groups is 1. The van der Waals surface area contributed by atoms with Crippen molar-refractivity contribution in [1.29, 1.82) is 0 Å². The molecule has 21 heavy (non-hydrogen) atoms. The number of alkyl halides is 2. The van der Waals surface area contributed by atoms with Crippen LogP contribution in [0.1, 0.15) is 44.2 Å². The maximum Gasteiger partial charge on any atom is 0.387 e. The molecule has 3 N–H and O–H groups in total. The Labute approximate surface area is 122 Å². The SMILES string of the molecule is CC(NC(=O)CC1(N)CCC1)c1ccccc1OC(F)F. The number of halogens is 2. The van der Waals surface area contributed by atoms with Crippen molar-refractivity contribution in [2.45, 2.75) is 50.8 Å². The fourth-order valence-corrected chi connectivity index (χ4v) is 2.54. The van der Waals surface area contributed by atoms with Crippen LogP contribution in [0.4, 0.5) is 8.78 Å². The first kappa shape index (κ1) is 15.7. The van der Waals surface area contributed by atoms with E-state index < -0.39 is 18.2 Å². The number of nitrogens with two attached hydrogens (primary N) is 1. The number of hydrogen-bond acceptors (Lipinski definition) is 3. The van der Waals surface area contributed by atoms with Crippen molar-refractivity contribution in [2.75, 3.05) is 0 Å². The topological polar surface area (TPSA) is 64.4 Å². The van der Waals surface area contributed by atoms with Gasteiger partial charge in [0.05, 0.1) is 6.04 Å². The Balaban J connectivity index is 1.99. The molecule has 6 heteroatoms. The van der Waals surface area contributed by atoms with Gasteiger partial charge in [0.15, 0.2) is 0 Å². The fraction of sp³-hybridized carbons (Fsp3) is 0.533. The molecule has 0 aliphatic heterocycles. The fourth-order valence-electron chi connectivity index (χ4n) is 2.54. The second-order valence-electron chi connectivity index (χ2n) is 5.60. The summed E-state index contributed by atoms with van der Waals surface area (Å²) in [5, 5.41) is 2.79. The Hall–Kier alpha value is -1.69. The summed E-state index contributed by atoms with van der Waals surface area (Å²) in [5.74, 6) is -0.0945. The highest BCUT2D eigenvalue weighted by Gasteiger charge is 2.35. The summed E-state index contributed by atoms with van der Waals surface area (Å²) >= 11 is 0. The minimum absolute atomic E-state index is 0.0754. The third-order valence-electron chi connectivity index (χ3n) is 3.84. The van der Waals surface area contributed by atoms with Gasteiger partial charge >= 0.3 is 6.61 Å². The van der Waals surface area contributed by atoms with E-state index in [9.17, 15) is 13.6 Å². The highest BCUT2D eigenvalue weighted by Crippen LogP contribution is 2.32. The van der Waals surface area contributed by atoms with Gasteiger partial charge in [0.25, 0.3) is 0 Å². The molecule has 0 saturated heterocycles. The quantitative estimate of drug-likeness (QED) is 0.848. The molecule has 1 atom stereocenters. The normalized spacial score (nSPS) is 18.0. The predicted molar refractivity (Wildman–Crippen MR) is 75.0 cm³/mol. The van der Waals surface area contributed by atoms with Crippen molar-refractivity contribution in [3.8, 4) is 5.75 Å². The van der Waals surface area contributed by atoms with Gasteiger partial charge in [0.2, 0.25) is 5.91 Å². The number of carbonyl (C=O) groups excluding carboxylic acids is 1. The Morgan fingerprint density at radius 2 is 2.10 bits per heavy atom. The molecule has 1 aliphatic rings. The molecular weight excluding hydrogens is 278 g/mol. The average Bonchev–Trinajstić information content (AvgIpc) is 2.36. The van der Waals surface area contributed by atoms with E-state index in [2.05, 4.69) is 10.1 Å². The lowest BCUT2D eigenvalue weighted by Crippen LogP contribution is -2.50. The van der Waals surface area contributed by atoms with Crippen LogP contribution in [0.3, 0.4) is 0 Å². The van der Waals surface area contributed by atoms with E-state index in [1.165, 1.54) is 6.07 Å². The van der Waals surface area contributed by atoms with E-state index in [1.807, 2.05) is 0 Å². The Morgan fingerprint density at radius 1 is 1.43 bits per heavy atom. The van der Waals surface area contributed by atoms with Gasteiger partial charge in [0, 0.05) is 17.5 Å². The van der Waals surface area contributed by atoms with Gasteiger partial charge in [-0.1, -0.05) is 18.2 Å². The highest BCUT2D eigenvalue weighted by molar-refractivity contribution is 5.78. The maximum absolute atomic E-state index is 12.4. The summed E-state index contributed by atoms with van der Waals surface area (Å²) in [4.78, 5) is 12.0. The lowest BCUT2D eigenvalue weighted by atomic mass is 9.75. The Kier molecular flexibility index (Phi) is 4.77. The van der Waals surface area contributed by atoms with Crippen LogP contribution in [0, 0.1) is 0 Å². The van der Waals surface area contributed by atoms with Crippen LogP contribution in [0.25, 0.3) is 0 Å². The summed E-state index contributed by atoms with van der Waals surface area (Å²) in [7, 11) is 0. The summed E-state index contributed by atoms with van der Waals surface area (Å²) in [6, 6.07) is 6.02. The molecule has 1 aromatic rings. The zero-order valence-corrected chi connectivity index (χ0v) is 11.9. The Morgan fingerprint density at radius 3 is 2.67 bits per heavy atom. The van der Waals surface area contributed by atoms with Crippen LogP contribution in [-0.2, 0) is 4.79 Å². The number of benzene rings is 1. The lowest BCUT2D eigenvalue weighted by Gasteiger charge is -2.37. The number of para-hydroxylation sites is 1. The third-order valence-corrected chi connectivity index (χ3v) is 3.84. The highest BCUT2D eigenvalue weighted by atomic mass is 19.3. The van der Waals surface area contributed by atoms with Crippen molar-refractivity contribution in [2.24, 2.45) is 5.73 Å². The average molecular weight is 298 g/mol. The number of rotatable bonds is 6. The van der Waals surface area contributed by atoms with E-state index in [4.69, 9.17) is 5.73 Å². The van der Waals surface area contributed by atoms with E-state index in [0.717, 1.165) is 19.3 Å². The van der Waals surface area contributed by atoms with Crippen LogP contribution in [0.2, 0.25) is 0 Å². The van der Waals surface area contributed by atoms with Gasteiger partial charge in [-0.2, -0.15) is 8.78 Å². The molecule has 1 aromatic carbocycles. The predicted octanol–water partition coefficient (Wildman–Crippen LogP) is 2.74. The molecule has 4 nitrogen and oxygen atoms in total. The third kappa shape index (κ3) is 4.14. The van der Waals surface area contributed by atoms with Gasteiger partial charge in [-0.05, 0) is 32.3 Å². The minimum Gasteiger partial charge on any atom is -0.434 e. The number of hydrogen-bond donors (Lipinski definition) is 2. The van der Waals surface area contributed by atoms with Gasteiger partial charge in [-0.3, -0.25) is 4.79 Å². The summed E-state index contributed by atoms with van der Waals surface area (Å²) in [6.45, 7) is -1.16. The molecule has 1 unspecified atom stereocenters. The largest absolute Gasteiger partial charge is 0.434 e. The van der Waals surface area contributed by atoms with Crippen LogP contribution in [-0.4, -0.2) is 18.1 Å². The molecule has 0 spiro atoms. The number of ether oxygens (including phenoxy) is 1. The standard InChI is InChI=1S/C15H20F2N2O2/c1-10(19-13(20)9-15(18)7-4-8-15)11-5-2-3-6-12(11)21-14(16)17/h2-3,5-6,10,14H,4,7-9,18H2,1H3,(H,19,20). The van der Waals surface area contributed by atoms with Gasteiger partial charge in [0.1, 0.15) is 5.75 Å². The van der Waals surface area contributed by atoms with Crippen LogP contribution < -0.4 is 15.8 Å². The molecule has 0 bridgehead atoms. The van der Waals surface area contributed by atoms with Crippen molar-refractivity contribution in [1.82, 2.24) is 5.32 Å². The molecular formula is C15H20F2N2O2. The molecule has 116 valence electrons. The van der Waals surface area contributed by atoms with E-state index in [0.29, 0.717) is 5.56 Å². The summed E-state index contributed by atoms with van der Waals surface area (Å²) < 4.78 is 29.2. The monoisotopic (exact) mass is 298 g/mol. The van der Waals surface area contributed by atoms with Gasteiger partial charge < -0.3 is 15.8 Å². The number of amides is 1. The number of nitrogens with one attached hydrogen (secondary N) is 1. The van der Waals surface area contributed by atoms with E-state index in [-0.39, 0.29) is 18.1 Å². The molecule has 1 saturated carbocycles. The summed E-state index contributed by atoms with van der Waals surface area (Å²) in [6.07, 6.45) is 3.00. The van der Waals surface area contributed by atoms with Gasteiger partial charge in [-0.15, -0.1) is 0 Å². The molecule has 1 aliphatic carbocycles. The maximum atomic E-state index is 12.4. The van der Waals surface area contributed by atoms with Gasteiger partial charge in [-0.25, -0.2) is 0 Å². The molecule has 0 heterocycles. The lowest BCUT2D eigenvalue weighted by molar-refractivity contribution is -0.123. The smallest absolute Gasteiger partial charge is 0.387 e. The first-order valence-electron chi connectivity index (χ1n) is 7.02. The first-order valence-corrected chi connectivity index (χ1v) is 7.02. The molecule has 0 radical (unpaired) electrons. The van der Waals surface area contributed by atoms with Crippen LogP contribution in [0.5, 0.6) is 5.75 Å². The van der Waals surface area contributed by atoms with Crippen molar-refractivity contribution in [3.63, 3.8) is 0 Å². The Bertz CT molecular complexity index is 504. The molecule has 0 aromatic heterocycles. The van der Waals surface area contributed by atoms with E-state index in [1.54, 1.807) is 25.1 Å². The molecule has 2 rings (SSSR count). The van der Waals surface area contributed by atoms with Crippen molar-refractivity contribution >= 4 is 5.91 Å². The van der Waals surface area contributed by atoms with E-state index >= 15 is 0 Å².